The molecule has 2 unspecified atom stereocenters. The van der Waals surface area contributed by atoms with Crippen LogP contribution in [0.3, 0.4) is 0 Å². The third kappa shape index (κ3) is 6.25. The Bertz CT molecular complexity index is 552. The lowest BCUT2D eigenvalue weighted by Gasteiger charge is -2.22. The average Bonchev–Trinajstić information content (AvgIpc) is 2.49. The Labute approximate surface area is 135 Å². The van der Waals surface area contributed by atoms with E-state index in [1.54, 1.807) is 32.9 Å². The normalized spacial score (nSPS) is 13.8. The van der Waals surface area contributed by atoms with Crippen LogP contribution in [0.5, 0.6) is 0 Å². The van der Waals surface area contributed by atoms with E-state index in [4.69, 9.17) is 4.74 Å². The monoisotopic (exact) mass is 325 g/mol. The number of ether oxygens (including phenoxy) is 2. The SMILES string of the molecule is COC(=O)c1cccc(C(O)C(O)CNC(=O)OC(C)(C)C)c1. The number of carbonyl (C=O) groups is 2. The van der Waals surface area contributed by atoms with Gasteiger partial charge in [-0.25, -0.2) is 9.59 Å². The van der Waals surface area contributed by atoms with Gasteiger partial charge in [0.05, 0.1) is 12.7 Å². The van der Waals surface area contributed by atoms with Crippen LogP contribution in [0.1, 0.15) is 42.8 Å². The molecule has 2 atom stereocenters. The van der Waals surface area contributed by atoms with Gasteiger partial charge in [-0.15, -0.1) is 0 Å². The zero-order valence-electron chi connectivity index (χ0n) is 13.7. The van der Waals surface area contributed by atoms with E-state index in [-0.39, 0.29) is 12.1 Å². The van der Waals surface area contributed by atoms with Crippen molar-refractivity contribution >= 4 is 12.1 Å². The molecule has 1 aromatic rings. The second-order valence-electron chi connectivity index (χ2n) is 6.01. The molecular weight excluding hydrogens is 302 g/mol. The molecule has 3 N–H and O–H groups in total. The topological polar surface area (TPSA) is 105 Å². The molecule has 1 rings (SSSR count). The third-order valence-electron chi connectivity index (χ3n) is 2.87. The summed E-state index contributed by atoms with van der Waals surface area (Å²) in [6.07, 6.45) is -3.21. The maximum Gasteiger partial charge on any atom is 0.407 e. The summed E-state index contributed by atoms with van der Waals surface area (Å²) in [6, 6.07) is 6.09. The second-order valence-corrected chi connectivity index (χ2v) is 6.01. The molecule has 0 spiro atoms. The maximum atomic E-state index is 11.5. The number of nitrogens with one attached hydrogen (secondary N) is 1. The molecule has 0 fully saturated rings. The average molecular weight is 325 g/mol. The lowest BCUT2D eigenvalue weighted by atomic mass is 10.0. The zero-order valence-corrected chi connectivity index (χ0v) is 13.7. The quantitative estimate of drug-likeness (QED) is 0.707. The first-order valence-electron chi connectivity index (χ1n) is 7.15. The summed E-state index contributed by atoms with van der Waals surface area (Å²) in [7, 11) is 1.25. The van der Waals surface area contributed by atoms with Crippen LogP contribution in [0, 0.1) is 0 Å². The van der Waals surface area contributed by atoms with Gasteiger partial charge < -0.3 is 25.0 Å². The van der Waals surface area contributed by atoms with Crippen molar-refractivity contribution in [1.82, 2.24) is 5.32 Å². The van der Waals surface area contributed by atoms with Gasteiger partial charge in [-0.05, 0) is 38.5 Å². The number of esters is 1. The zero-order chi connectivity index (χ0) is 17.6. The fourth-order valence-electron chi connectivity index (χ4n) is 1.80. The number of alkyl carbamates (subject to hydrolysis) is 1. The summed E-state index contributed by atoms with van der Waals surface area (Å²) in [5.41, 5.74) is -0.0505. The Morgan fingerprint density at radius 2 is 1.91 bits per heavy atom. The summed E-state index contributed by atoms with van der Waals surface area (Å²) >= 11 is 0. The summed E-state index contributed by atoms with van der Waals surface area (Å²) in [5, 5.41) is 22.5. The van der Waals surface area contributed by atoms with E-state index in [9.17, 15) is 19.8 Å². The van der Waals surface area contributed by atoms with E-state index >= 15 is 0 Å². The van der Waals surface area contributed by atoms with Crippen LogP contribution in [-0.2, 0) is 9.47 Å². The summed E-state index contributed by atoms with van der Waals surface area (Å²) < 4.78 is 9.63. The molecular formula is C16H23NO6. The Hall–Kier alpha value is -2.12. The Balaban J connectivity index is 2.65. The number of carbonyl (C=O) groups excluding carboxylic acids is 2. The Morgan fingerprint density at radius 1 is 1.26 bits per heavy atom. The third-order valence-corrected chi connectivity index (χ3v) is 2.87. The number of benzene rings is 1. The van der Waals surface area contributed by atoms with Gasteiger partial charge in [-0.1, -0.05) is 12.1 Å². The number of amides is 1. The van der Waals surface area contributed by atoms with Crippen molar-refractivity contribution in [2.75, 3.05) is 13.7 Å². The van der Waals surface area contributed by atoms with Gasteiger partial charge >= 0.3 is 12.1 Å². The molecule has 1 amide bonds. The van der Waals surface area contributed by atoms with E-state index in [2.05, 4.69) is 10.1 Å². The summed E-state index contributed by atoms with van der Waals surface area (Å²) in [6.45, 7) is 4.96. The van der Waals surface area contributed by atoms with E-state index < -0.39 is 29.9 Å². The number of rotatable bonds is 5. The highest BCUT2D eigenvalue weighted by atomic mass is 16.6. The first-order valence-corrected chi connectivity index (χ1v) is 7.15. The van der Waals surface area contributed by atoms with Gasteiger partial charge in [0.25, 0.3) is 0 Å². The van der Waals surface area contributed by atoms with Crippen LogP contribution in [0.15, 0.2) is 24.3 Å². The predicted octanol–water partition coefficient (Wildman–Crippen LogP) is 1.39. The van der Waals surface area contributed by atoms with Crippen molar-refractivity contribution in [2.24, 2.45) is 0 Å². The number of hydrogen-bond donors (Lipinski definition) is 3. The molecule has 7 heteroatoms. The molecule has 0 aliphatic carbocycles. The van der Waals surface area contributed by atoms with Crippen molar-refractivity contribution in [3.63, 3.8) is 0 Å². The van der Waals surface area contributed by atoms with Gasteiger partial charge in [0.1, 0.15) is 17.8 Å². The van der Waals surface area contributed by atoms with Crippen LogP contribution in [0.25, 0.3) is 0 Å². The molecule has 0 bridgehead atoms. The van der Waals surface area contributed by atoms with Gasteiger partial charge in [0.15, 0.2) is 0 Å². The number of methoxy groups -OCH3 is 1. The predicted molar refractivity (Wildman–Crippen MR) is 83.0 cm³/mol. The number of aliphatic hydroxyl groups excluding tert-OH is 2. The first kappa shape index (κ1) is 18.9. The highest BCUT2D eigenvalue weighted by Crippen LogP contribution is 2.18. The van der Waals surface area contributed by atoms with Gasteiger partial charge in [-0.2, -0.15) is 0 Å². The highest BCUT2D eigenvalue weighted by molar-refractivity contribution is 5.89. The molecule has 0 saturated carbocycles. The molecule has 0 radical (unpaired) electrons. The second kappa shape index (κ2) is 7.94. The Morgan fingerprint density at radius 3 is 2.48 bits per heavy atom. The highest BCUT2D eigenvalue weighted by Gasteiger charge is 2.22. The summed E-state index contributed by atoms with van der Waals surface area (Å²) in [4.78, 5) is 23.0. The fraction of sp³-hybridized carbons (Fsp3) is 0.500. The molecule has 7 nitrogen and oxygen atoms in total. The molecule has 0 heterocycles. The largest absolute Gasteiger partial charge is 0.465 e. The lowest BCUT2D eigenvalue weighted by molar-refractivity contribution is 0.0129. The molecule has 0 aliphatic rings. The molecule has 128 valence electrons. The van der Waals surface area contributed by atoms with Crippen LogP contribution in [0.4, 0.5) is 4.79 Å². The molecule has 0 aromatic heterocycles. The van der Waals surface area contributed by atoms with Gasteiger partial charge in [-0.3, -0.25) is 0 Å². The van der Waals surface area contributed by atoms with Crippen molar-refractivity contribution in [3.8, 4) is 0 Å². The number of aliphatic hydroxyl groups is 2. The van der Waals surface area contributed by atoms with Crippen molar-refractivity contribution < 1.29 is 29.3 Å². The molecule has 0 saturated heterocycles. The number of hydrogen-bond acceptors (Lipinski definition) is 6. The van der Waals surface area contributed by atoms with Crippen LogP contribution in [0.2, 0.25) is 0 Å². The smallest absolute Gasteiger partial charge is 0.407 e. The van der Waals surface area contributed by atoms with Crippen LogP contribution in [-0.4, -0.2) is 47.6 Å². The molecule has 1 aromatic carbocycles. The molecule has 0 aliphatic heterocycles. The maximum absolute atomic E-state index is 11.5. The lowest BCUT2D eigenvalue weighted by Crippen LogP contribution is -2.38. The van der Waals surface area contributed by atoms with E-state index in [0.717, 1.165) is 0 Å². The summed E-state index contributed by atoms with van der Waals surface area (Å²) in [5.74, 6) is -0.541. The van der Waals surface area contributed by atoms with Crippen molar-refractivity contribution in [2.45, 2.75) is 38.6 Å². The van der Waals surface area contributed by atoms with Gasteiger partial charge in [0.2, 0.25) is 0 Å². The fourth-order valence-corrected chi connectivity index (χ4v) is 1.80. The van der Waals surface area contributed by atoms with Crippen LogP contribution >= 0.6 is 0 Å². The minimum absolute atomic E-state index is 0.196. The minimum atomic E-state index is -1.27. The first-order chi connectivity index (χ1) is 10.6. The van der Waals surface area contributed by atoms with E-state index in [1.807, 2.05) is 0 Å². The van der Waals surface area contributed by atoms with E-state index in [0.29, 0.717) is 5.56 Å². The van der Waals surface area contributed by atoms with Crippen LogP contribution < -0.4 is 5.32 Å². The van der Waals surface area contributed by atoms with Crippen molar-refractivity contribution in [1.29, 1.82) is 0 Å². The van der Waals surface area contributed by atoms with Gasteiger partial charge in [0, 0.05) is 6.54 Å². The van der Waals surface area contributed by atoms with E-state index in [1.165, 1.54) is 19.2 Å². The minimum Gasteiger partial charge on any atom is -0.465 e. The van der Waals surface area contributed by atoms with Crippen molar-refractivity contribution in [3.05, 3.63) is 35.4 Å². The molecule has 23 heavy (non-hydrogen) atoms. The Kier molecular flexibility index (Phi) is 6.53. The standard InChI is InChI=1S/C16H23NO6/c1-16(2,3)23-15(21)17-9-12(18)13(19)10-6-5-7-11(8-10)14(20)22-4/h5-8,12-13,18-19H,9H2,1-4H3,(H,17,21).